The molecule has 0 amide bonds. The lowest BCUT2D eigenvalue weighted by molar-refractivity contribution is -0.143. The van der Waals surface area contributed by atoms with Crippen LogP contribution in [0.15, 0.2) is 77.1 Å². The van der Waals surface area contributed by atoms with Gasteiger partial charge in [-0.15, -0.1) is 0 Å². The molecule has 0 aliphatic carbocycles. The Labute approximate surface area is 277 Å². The number of nitrogens with one attached hydrogen (secondary N) is 2. The molecule has 0 radical (unpaired) electrons. The number of halogens is 2. The van der Waals surface area contributed by atoms with Crippen molar-refractivity contribution in [2.75, 3.05) is 6.61 Å². The third-order valence-corrected chi connectivity index (χ3v) is 8.95. The van der Waals surface area contributed by atoms with Gasteiger partial charge < -0.3 is 25.3 Å². The number of imidazole rings is 1. The Balaban J connectivity index is 1.41. The highest BCUT2D eigenvalue weighted by Crippen LogP contribution is 2.39. The molecule has 1 aliphatic rings. The lowest BCUT2D eigenvalue weighted by atomic mass is 9.75. The van der Waals surface area contributed by atoms with Gasteiger partial charge in [0.25, 0.3) is 0 Å². The summed E-state index contributed by atoms with van der Waals surface area (Å²) in [5.74, 6) is 5.00. The fraction of sp³-hybridized carbons (Fsp3) is 0.297. The van der Waals surface area contributed by atoms with Crippen LogP contribution in [0.2, 0.25) is 0 Å². The maximum absolute atomic E-state index is 15.5. The van der Waals surface area contributed by atoms with Crippen LogP contribution in [0.25, 0.3) is 22.3 Å². The maximum atomic E-state index is 15.5. The number of nitrogens with two attached hydrogens (primary N) is 1. The number of hydrogen-bond acceptors (Lipinski definition) is 7. The summed E-state index contributed by atoms with van der Waals surface area (Å²) in [4.78, 5) is 27.7. The highest BCUT2D eigenvalue weighted by atomic mass is 19.1. The molecule has 1 aliphatic heterocycles. The van der Waals surface area contributed by atoms with Gasteiger partial charge in [-0.1, -0.05) is 30.7 Å². The van der Waals surface area contributed by atoms with E-state index in [1.54, 1.807) is 25.5 Å². The Morgan fingerprint density at radius 3 is 2.83 bits per heavy atom. The zero-order chi connectivity index (χ0) is 33.7. The van der Waals surface area contributed by atoms with Crippen molar-refractivity contribution in [1.82, 2.24) is 15.0 Å². The van der Waals surface area contributed by atoms with E-state index < -0.39 is 17.0 Å². The zero-order valence-corrected chi connectivity index (χ0v) is 27.0. The predicted octanol–water partition coefficient (Wildman–Crippen LogP) is 7.89. The van der Waals surface area contributed by atoms with Crippen molar-refractivity contribution in [3.05, 3.63) is 101 Å². The molecule has 0 spiro atoms. The molecule has 3 aromatic carbocycles. The van der Waals surface area contributed by atoms with E-state index in [-0.39, 0.29) is 36.0 Å². The summed E-state index contributed by atoms with van der Waals surface area (Å²) in [7, 11) is 0. The van der Waals surface area contributed by atoms with Crippen LogP contribution in [-0.4, -0.2) is 39.5 Å². The first-order chi connectivity index (χ1) is 23.3. The number of aromatic nitrogens is 3. The molecule has 0 fully saturated rings. The minimum Gasteiger partial charge on any atom is -0.466 e. The summed E-state index contributed by atoms with van der Waals surface area (Å²) in [6, 6.07) is 15.6. The highest BCUT2D eigenvalue weighted by molar-refractivity contribution is 6.30. The van der Waals surface area contributed by atoms with E-state index in [0.717, 1.165) is 41.5 Å². The van der Waals surface area contributed by atoms with E-state index in [0.29, 0.717) is 42.1 Å². The third-order valence-electron chi connectivity index (χ3n) is 8.95. The molecular weight excluding hydrogens is 614 g/mol. The minimum atomic E-state index is -0.580. The molecule has 4 bridgehead atoms. The summed E-state index contributed by atoms with van der Waals surface area (Å²) in [6.45, 7) is 4.38. The number of esters is 1. The fourth-order valence-corrected chi connectivity index (χ4v) is 6.27. The Hall–Kier alpha value is -5.32. The van der Waals surface area contributed by atoms with Crippen LogP contribution in [0.3, 0.4) is 0 Å². The van der Waals surface area contributed by atoms with Crippen molar-refractivity contribution >= 4 is 28.8 Å². The standard InChI is InChI=1S/C37H38F2N6O3/c1-3-47-34(46)13-10-23-7-6-8-24(17-23)37(2)15-5-4-9-25(45-40)20-41-21-29-27-14-16-42-32(27)19-31(39)35(29)48-26-11-12-30(38)28(18-26)36-43-22-33(37)44-36/h6-8,11-12,14,16-20,22,42H,3-5,9-10,13,15,21,40H2,1-2H3,(H,43,44)/b41-20?,45-25-. The molecule has 3 heterocycles. The van der Waals surface area contributed by atoms with Crippen LogP contribution in [0.4, 0.5) is 8.78 Å². The first-order valence-corrected chi connectivity index (χ1v) is 16.1. The molecule has 4 N–H and O–H groups in total. The Kier molecular flexibility index (Phi) is 9.65. The number of aliphatic imine (C=N–C) groups is 1. The average Bonchev–Trinajstić information content (AvgIpc) is 3.77. The van der Waals surface area contributed by atoms with E-state index in [1.807, 2.05) is 18.2 Å². The normalized spacial score (nSPS) is 17.8. The van der Waals surface area contributed by atoms with E-state index in [2.05, 4.69) is 44.1 Å². The maximum Gasteiger partial charge on any atom is 0.306 e. The molecular formula is C37H38F2N6O3. The van der Waals surface area contributed by atoms with Crippen molar-refractivity contribution in [2.45, 2.75) is 64.3 Å². The lowest BCUT2D eigenvalue weighted by Crippen LogP contribution is -2.25. The van der Waals surface area contributed by atoms with Gasteiger partial charge in [0.15, 0.2) is 11.6 Å². The van der Waals surface area contributed by atoms with Crippen molar-refractivity contribution in [3.8, 4) is 22.9 Å². The molecule has 248 valence electrons. The van der Waals surface area contributed by atoms with Crippen molar-refractivity contribution in [3.63, 3.8) is 0 Å². The molecule has 6 rings (SSSR count). The van der Waals surface area contributed by atoms with Crippen LogP contribution >= 0.6 is 0 Å². The summed E-state index contributed by atoms with van der Waals surface area (Å²) in [5, 5.41) is 4.72. The second kappa shape index (κ2) is 14.2. The smallest absolute Gasteiger partial charge is 0.306 e. The van der Waals surface area contributed by atoms with E-state index in [4.69, 9.17) is 15.3 Å². The quantitative estimate of drug-likeness (QED) is 0.101. The molecule has 48 heavy (non-hydrogen) atoms. The van der Waals surface area contributed by atoms with Gasteiger partial charge in [0, 0.05) is 58.7 Å². The van der Waals surface area contributed by atoms with Crippen LogP contribution in [0, 0.1) is 11.6 Å². The van der Waals surface area contributed by atoms with Gasteiger partial charge in [0.2, 0.25) is 0 Å². The topological polar surface area (TPSA) is 131 Å². The Morgan fingerprint density at radius 1 is 1.12 bits per heavy atom. The molecule has 1 unspecified atom stereocenters. The van der Waals surface area contributed by atoms with Crippen LogP contribution < -0.4 is 10.6 Å². The zero-order valence-electron chi connectivity index (χ0n) is 27.0. The largest absolute Gasteiger partial charge is 0.466 e. The number of H-pyrrole nitrogens is 2. The number of aryl methyl sites for hydroxylation is 1. The number of carbonyl (C=O) groups excluding carboxylic acids is 1. The molecule has 0 saturated heterocycles. The van der Waals surface area contributed by atoms with E-state index in [9.17, 15) is 4.79 Å². The van der Waals surface area contributed by atoms with Crippen LogP contribution in [-0.2, 0) is 27.9 Å². The van der Waals surface area contributed by atoms with Crippen molar-refractivity contribution < 1.29 is 23.0 Å². The van der Waals surface area contributed by atoms with Crippen LogP contribution in [0.1, 0.15) is 68.3 Å². The second-order valence-electron chi connectivity index (χ2n) is 12.1. The van der Waals surface area contributed by atoms with Gasteiger partial charge in [0.05, 0.1) is 24.4 Å². The first-order valence-electron chi connectivity index (χ1n) is 16.1. The summed E-state index contributed by atoms with van der Waals surface area (Å²) in [5.41, 5.74) is 4.25. The van der Waals surface area contributed by atoms with E-state index in [1.165, 1.54) is 24.3 Å². The van der Waals surface area contributed by atoms with Gasteiger partial charge >= 0.3 is 5.97 Å². The number of benzene rings is 3. The molecule has 1 atom stereocenters. The van der Waals surface area contributed by atoms with Crippen molar-refractivity contribution in [2.24, 2.45) is 15.9 Å². The van der Waals surface area contributed by atoms with Gasteiger partial charge in [-0.3, -0.25) is 9.79 Å². The van der Waals surface area contributed by atoms with Gasteiger partial charge in [-0.2, -0.15) is 5.10 Å². The van der Waals surface area contributed by atoms with Crippen LogP contribution in [0.5, 0.6) is 11.5 Å². The average molecular weight is 653 g/mol. The number of hydrogen-bond donors (Lipinski definition) is 3. The Bertz CT molecular complexity index is 2000. The predicted molar refractivity (Wildman–Crippen MR) is 182 cm³/mol. The summed E-state index contributed by atoms with van der Waals surface area (Å²) >= 11 is 0. The fourth-order valence-electron chi connectivity index (χ4n) is 6.27. The van der Waals surface area contributed by atoms with Gasteiger partial charge in [-0.25, -0.2) is 13.8 Å². The summed E-state index contributed by atoms with van der Waals surface area (Å²) < 4.78 is 42.1. The highest BCUT2D eigenvalue weighted by Gasteiger charge is 2.31. The number of hydrazone groups is 1. The summed E-state index contributed by atoms with van der Waals surface area (Å²) in [6.07, 6.45) is 8.81. The molecule has 9 nitrogen and oxygen atoms in total. The van der Waals surface area contributed by atoms with Crippen molar-refractivity contribution in [1.29, 1.82) is 0 Å². The molecule has 5 aromatic rings. The molecule has 11 heteroatoms. The SMILES string of the molecule is CCOC(=O)CCc1cccc(C2(C)CCCC/C(=N/N)C=NCc3c(c(F)cc4[nH]ccc34)Oc3ccc(F)c(c3)-c3ncc2[nH]3)c1. The first kappa shape index (κ1) is 32.6. The van der Waals surface area contributed by atoms with Gasteiger partial charge in [-0.05, 0) is 74.9 Å². The molecule has 2 aromatic heterocycles. The number of aromatic amines is 2. The Morgan fingerprint density at radius 2 is 2.00 bits per heavy atom. The van der Waals surface area contributed by atoms with E-state index >= 15 is 8.78 Å². The number of fused-ring (bicyclic) bond motifs is 8. The lowest BCUT2D eigenvalue weighted by Gasteiger charge is -2.30. The van der Waals surface area contributed by atoms with Gasteiger partial charge in [0.1, 0.15) is 17.4 Å². The number of nitrogens with zero attached hydrogens (tertiary/aromatic N) is 3. The number of rotatable bonds is 5. The monoisotopic (exact) mass is 652 g/mol. The second-order valence-corrected chi connectivity index (χ2v) is 12.1. The minimum absolute atomic E-state index is 0.000269. The molecule has 0 saturated carbocycles. The number of ether oxygens (including phenoxy) is 2. The third kappa shape index (κ3) is 6.85. The number of carbonyl (C=O) groups is 1.